The Kier molecular flexibility index (Phi) is 4.45. The van der Waals surface area contributed by atoms with Gasteiger partial charge in [-0.25, -0.2) is 0 Å². The summed E-state index contributed by atoms with van der Waals surface area (Å²) in [6.45, 7) is 6.33. The van der Waals surface area contributed by atoms with Gasteiger partial charge in [0.15, 0.2) is 5.82 Å². The van der Waals surface area contributed by atoms with Crippen LogP contribution in [-0.2, 0) is 13.6 Å². The average molecular weight is 313 g/mol. The van der Waals surface area contributed by atoms with Crippen molar-refractivity contribution < 1.29 is 4.79 Å². The number of hydrogen-bond acceptors (Lipinski definition) is 4. The van der Waals surface area contributed by atoms with Gasteiger partial charge < -0.3 is 9.88 Å². The predicted molar refractivity (Wildman–Crippen MR) is 80.3 cm³/mol. The molecule has 0 saturated heterocycles. The van der Waals surface area contributed by atoms with E-state index in [1.807, 2.05) is 23.9 Å². The van der Waals surface area contributed by atoms with Crippen LogP contribution in [0.2, 0.25) is 5.02 Å². The molecule has 2 heterocycles. The molecular formula is C13H17ClN4OS. The summed E-state index contributed by atoms with van der Waals surface area (Å²) in [7, 11) is 1.90. The van der Waals surface area contributed by atoms with Crippen molar-refractivity contribution >= 4 is 28.8 Å². The summed E-state index contributed by atoms with van der Waals surface area (Å²) < 4.78 is 1.91. The number of hydrogen-bond donors (Lipinski definition) is 1. The van der Waals surface area contributed by atoms with Gasteiger partial charge in [-0.15, -0.1) is 21.5 Å². The molecule has 2 aromatic rings. The molecule has 0 aromatic carbocycles. The largest absolute Gasteiger partial charge is 0.344 e. The maximum atomic E-state index is 12.1. The van der Waals surface area contributed by atoms with Crippen molar-refractivity contribution in [2.24, 2.45) is 7.05 Å². The Hall–Kier alpha value is -1.40. The molecule has 5 nitrogen and oxygen atoms in total. The maximum Gasteiger partial charge on any atom is 0.263 e. The SMILES string of the molecule is Cc1csc(C(=O)NCc2nnc(C(C)C)n2C)c1Cl. The molecule has 20 heavy (non-hydrogen) atoms. The first-order valence-electron chi connectivity index (χ1n) is 6.31. The molecule has 0 unspecified atom stereocenters. The average Bonchev–Trinajstić information content (AvgIpc) is 2.92. The molecule has 0 bridgehead atoms. The van der Waals surface area contributed by atoms with E-state index in [1.165, 1.54) is 11.3 Å². The van der Waals surface area contributed by atoms with Gasteiger partial charge in [0.2, 0.25) is 0 Å². The normalized spacial score (nSPS) is 11.1. The van der Waals surface area contributed by atoms with Gasteiger partial charge in [0.05, 0.1) is 11.6 Å². The first kappa shape index (κ1) is 15.0. The molecule has 0 aliphatic rings. The van der Waals surface area contributed by atoms with Gasteiger partial charge in [0.25, 0.3) is 5.91 Å². The molecule has 1 amide bonds. The maximum absolute atomic E-state index is 12.1. The fourth-order valence-electron chi connectivity index (χ4n) is 1.85. The van der Waals surface area contributed by atoms with Crippen LogP contribution in [0.25, 0.3) is 0 Å². The molecule has 0 aliphatic carbocycles. The molecule has 2 aromatic heterocycles. The fourth-order valence-corrected chi connectivity index (χ4v) is 3.05. The smallest absolute Gasteiger partial charge is 0.263 e. The quantitative estimate of drug-likeness (QED) is 0.944. The highest BCUT2D eigenvalue weighted by Crippen LogP contribution is 2.26. The zero-order valence-corrected chi connectivity index (χ0v) is 13.5. The zero-order chi connectivity index (χ0) is 14.9. The van der Waals surface area contributed by atoms with Crippen molar-refractivity contribution in [2.45, 2.75) is 33.2 Å². The zero-order valence-electron chi connectivity index (χ0n) is 11.9. The summed E-state index contributed by atoms with van der Waals surface area (Å²) in [5.41, 5.74) is 0.919. The van der Waals surface area contributed by atoms with Crippen molar-refractivity contribution in [1.29, 1.82) is 0 Å². The lowest BCUT2D eigenvalue weighted by Crippen LogP contribution is -2.24. The Morgan fingerprint density at radius 3 is 2.70 bits per heavy atom. The standard InChI is InChI=1S/C13H17ClN4OS/c1-7(2)12-17-16-9(18(12)4)5-15-13(19)11-10(14)8(3)6-20-11/h6-7H,5H2,1-4H3,(H,15,19). The number of halogens is 1. The monoisotopic (exact) mass is 312 g/mol. The van der Waals surface area contributed by atoms with Gasteiger partial charge >= 0.3 is 0 Å². The van der Waals surface area contributed by atoms with Crippen LogP contribution in [0, 0.1) is 6.92 Å². The number of amides is 1. The molecule has 0 atom stereocenters. The number of nitrogens with zero attached hydrogens (tertiary/aromatic N) is 3. The third-order valence-corrected chi connectivity index (χ3v) is 4.72. The minimum absolute atomic E-state index is 0.179. The molecule has 108 valence electrons. The van der Waals surface area contributed by atoms with E-state index in [4.69, 9.17) is 11.6 Å². The molecule has 2 rings (SSSR count). The number of carbonyl (C=O) groups is 1. The van der Waals surface area contributed by atoms with E-state index in [2.05, 4.69) is 29.4 Å². The predicted octanol–water partition coefficient (Wildman–Crippen LogP) is 2.89. The number of aromatic nitrogens is 3. The second-order valence-electron chi connectivity index (χ2n) is 4.93. The van der Waals surface area contributed by atoms with E-state index in [9.17, 15) is 4.79 Å². The van der Waals surface area contributed by atoms with E-state index in [0.717, 1.165) is 17.2 Å². The molecule has 0 aliphatic heterocycles. The summed E-state index contributed by atoms with van der Waals surface area (Å²) in [6.07, 6.45) is 0. The van der Waals surface area contributed by atoms with Crippen molar-refractivity contribution in [3.05, 3.63) is 32.5 Å². The molecule has 7 heteroatoms. The second kappa shape index (κ2) is 5.93. The highest BCUT2D eigenvalue weighted by atomic mass is 35.5. The van der Waals surface area contributed by atoms with Crippen LogP contribution < -0.4 is 5.32 Å². The van der Waals surface area contributed by atoms with Crippen LogP contribution in [0.5, 0.6) is 0 Å². The van der Waals surface area contributed by atoms with Gasteiger partial charge in [-0.3, -0.25) is 4.79 Å². The van der Waals surface area contributed by atoms with Gasteiger partial charge in [0.1, 0.15) is 10.7 Å². The van der Waals surface area contributed by atoms with Gasteiger partial charge in [-0.05, 0) is 17.9 Å². The minimum atomic E-state index is -0.179. The van der Waals surface area contributed by atoms with Crippen LogP contribution >= 0.6 is 22.9 Å². The molecule has 0 spiro atoms. The lowest BCUT2D eigenvalue weighted by atomic mass is 10.2. The number of rotatable bonds is 4. The molecule has 0 radical (unpaired) electrons. The van der Waals surface area contributed by atoms with Gasteiger partial charge in [-0.1, -0.05) is 25.4 Å². The fraction of sp³-hybridized carbons (Fsp3) is 0.462. The Labute approximate surface area is 127 Å². The van der Waals surface area contributed by atoms with Crippen LogP contribution in [0.4, 0.5) is 0 Å². The molecule has 0 fully saturated rings. The Balaban J connectivity index is 2.06. The number of thiophene rings is 1. The summed E-state index contributed by atoms with van der Waals surface area (Å²) in [5, 5.41) is 13.4. The van der Waals surface area contributed by atoms with Crippen molar-refractivity contribution in [2.75, 3.05) is 0 Å². The lowest BCUT2D eigenvalue weighted by Gasteiger charge is -2.07. The highest BCUT2D eigenvalue weighted by molar-refractivity contribution is 7.13. The Morgan fingerprint density at radius 2 is 2.20 bits per heavy atom. The van der Waals surface area contributed by atoms with E-state index in [-0.39, 0.29) is 5.91 Å². The Bertz CT molecular complexity index is 632. The van der Waals surface area contributed by atoms with E-state index in [1.54, 1.807) is 0 Å². The van der Waals surface area contributed by atoms with Gasteiger partial charge in [-0.2, -0.15) is 0 Å². The topological polar surface area (TPSA) is 59.8 Å². The number of carbonyl (C=O) groups excluding carboxylic acids is 1. The van der Waals surface area contributed by atoms with Gasteiger partial charge in [0, 0.05) is 13.0 Å². The lowest BCUT2D eigenvalue weighted by molar-refractivity contribution is 0.0953. The summed E-state index contributed by atoms with van der Waals surface area (Å²) in [4.78, 5) is 12.6. The van der Waals surface area contributed by atoms with E-state index >= 15 is 0 Å². The molecule has 1 N–H and O–H groups in total. The third kappa shape index (κ3) is 2.86. The second-order valence-corrected chi connectivity index (χ2v) is 6.19. The minimum Gasteiger partial charge on any atom is -0.344 e. The first-order chi connectivity index (χ1) is 9.41. The summed E-state index contributed by atoms with van der Waals surface area (Å²) in [5.74, 6) is 1.75. The molecule has 0 saturated carbocycles. The van der Waals surface area contributed by atoms with E-state index in [0.29, 0.717) is 22.4 Å². The van der Waals surface area contributed by atoms with Crippen molar-refractivity contribution in [3.8, 4) is 0 Å². The van der Waals surface area contributed by atoms with Crippen LogP contribution in [0.1, 0.15) is 46.6 Å². The van der Waals surface area contributed by atoms with Crippen LogP contribution in [0.15, 0.2) is 5.38 Å². The van der Waals surface area contributed by atoms with Crippen molar-refractivity contribution in [1.82, 2.24) is 20.1 Å². The number of nitrogens with one attached hydrogen (secondary N) is 1. The van der Waals surface area contributed by atoms with E-state index < -0.39 is 0 Å². The van der Waals surface area contributed by atoms with Crippen LogP contribution in [-0.4, -0.2) is 20.7 Å². The molecular weight excluding hydrogens is 296 g/mol. The third-order valence-electron chi connectivity index (χ3n) is 3.03. The summed E-state index contributed by atoms with van der Waals surface area (Å²) in [6, 6.07) is 0. The Morgan fingerprint density at radius 1 is 1.50 bits per heavy atom. The van der Waals surface area contributed by atoms with Crippen molar-refractivity contribution in [3.63, 3.8) is 0 Å². The van der Waals surface area contributed by atoms with Crippen LogP contribution in [0.3, 0.4) is 0 Å². The number of aryl methyl sites for hydroxylation is 1. The summed E-state index contributed by atoms with van der Waals surface area (Å²) >= 11 is 7.43. The first-order valence-corrected chi connectivity index (χ1v) is 7.57. The highest BCUT2D eigenvalue weighted by Gasteiger charge is 2.16.